The van der Waals surface area contributed by atoms with Gasteiger partial charge in [0.15, 0.2) is 0 Å². The van der Waals surface area contributed by atoms with Crippen LogP contribution in [0.3, 0.4) is 0 Å². The first-order valence-corrected chi connectivity index (χ1v) is 11.6. The van der Waals surface area contributed by atoms with Gasteiger partial charge in [-0.1, -0.05) is 12.5 Å². The van der Waals surface area contributed by atoms with Gasteiger partial charge in [0.2, 0.25) is 0 Å². The highest BCUT2D eigenvalue weighted by atomic mass is 16.5. The van der Waals surface area contributed by atoms with E-state index in [-0.39, 0.29) is 17.9 Å². The van der Waals surface area contributed by atoms with E-state index >= 15 is 0 Å². The third-order valence-corrected chi connectivity index (χ3v) is 6.66. The maximum absolute atomic E-state index is 13.3. The fraction of sp³-hybridized carbons (Fsp3) is 0.385. The second-order valence-electron chi connectivity index (χ2n) is 8.80. The first-order chi connectivity index (χ1) is 16.1. The van der Waals surface area contributed by atoms with Gasteiger partial charge >= 0.3 is 5.97 Å². The second-order valence-corrected chi connectivity index (χ2v) is 8.80. The van der Waals surface area contributed by atoms with E-state index in [1.165, 1.54) is 7.11 Å². The molecular formula is C26H29N3O4. The fourth-order valence-corrected chi connectivity index (χ4v) is 4.91. The van der Waals surface area contributed by atoms with Crippen LogP contribution in [0.1, 0.15) is 40.7 Å². The fourth-order valence-electron chi connectivity index (χ4n) is 4.91. The van der Waals surface area contributed by atoms with Gasteiger partial charge in [-0.3, -0.25) is 14.5 Å². The minimum absolute atomic E-state index is 0.00161. The molecule has 1 saturated heterocycles. The third kappa shape index (κ3) is 4.46. The summed E-state index contributed by atoms with van der Waals surface area (Å²) in [4.78, 5) is 32.7. The van der Waals surface area contributed by atoms with Crippen molar-refractivity contribution in [1.82, 2.24) is 14.8 Å². The van der Waals surface area contributed by atoms with E-state index in [0.29, 0.717) is 31.8 Å². The Hall–Kier alpha value is -3.32. The van der Waals surface area contributed by atoms with Crippen LogP contribution in [-0.2, 0) is 22.6 Å². The van der Waals surface area contributed by atoms with Gasteiger partial charge in [-0.15, -0.1) is 0 Å². The number of piperidine rings is 1. The molecule has 1 atom stereocenters. The largest absolute Gasteiger partial charge is 0.491 e. The maximum Gasteiger partial charge on any atom is 0.323 e. The predicted octanol–water partition coefficient (Wildman–Crippen LogP) is 3.73. The average Bonchev–Trinajstić information content (AvgIpc) is 3.21. The molecule has 1 N–H and O–H groups in total. The normalized spacial score (nSPS) is 18.9. The molecule has 0 unspecified atom stereocenters. The summed E-state index contributed by atoms with van der Waals surface area (Å²) in [7, 11) is 1.45. The summed E-state index contributed by atoms with van der Waals surface area (Å²) in [5.41, 5.74) is 3.79. The van der Waals surface area contributed by atoms with Gasteiger partial charge in [0.25, 0.3) is 5.91 Å². The van der Waals surface area contributed by atoms with Gasteiger partial charge in [0, 0.05) is 41.3 Å². The molecule has 0 spiro atoms. The Balaban J connectivity index is 1.35. The Bertz CT molecular complexity index is 1170. The summed E-state index contributed by atoms with van der Waals surface area (Å²) in [6.07, 6.45) is 4.83. The molecule has 1 aromatic heterocycles. The highest BCUT2D eigenvalue weighted by Gasteiger charge is 2.30. The lowest BCUT2D eigenvalue weighted by molar-refractivity contribution is -0.148. The zero-order valence-electron chi connectivity index (χ0n) is 18.9. The summed E-state index contributed by atoms with van der Waals surface area (Å²) < 4.78 is 11.0. The highest BCUT2D eigenvalue weighted by molar-refractivity contribution is 5.98. The number of carbonyl (C=O) groups excluding carboxylic acids is 2. The van der Waals surface area contributed by atoms with Crippen LogP contribution in [0.2, 0.25) is 0 Å². The van der Waals surface area contributed by atoms with Gasteiger partial charge < -0.3 is 19.4 Å². The van der Waals surface area contributed by atoms with Crippen LogP contribution in [0.5, 0.6) is 5.75 Å². The number of hydrogen-bond acceptors (Lipinski definition) is 5. The van der Waals surface area contributed by atoms with Gasteiger partial charge in [-0.2, -0.15) is 0 Å². The van der Waals surface area contributed by atoms with E-state index in [4.69, 9.17) is 9.47 Å². The van der Waals surface area contributed by atoms with Crippen LogP contribution in [0.25, 0.3) is 10.9 Å². The zero-order chi connectivity index (χ0) is 22.8. The molecule has 7 heteroatoms. The topological polar surface area (TPSA) is 74.9 Å². The first-order valence-electron chi connectivity index (χ1n) is 11.6. The number of H-pyrrole nitrogens is 1. The average molecular weight is 448 g/mol. The molecule has 172 valence electrons. The smallest absolute Gasteiger partial charge is 0.323 e. The van der Waals surface area contributed by atoms with Crippen LogP contribution in [-0.4, -0.2) is 59.5 Å². The number of aromatic amines is 1. The monoisotopic (exact) mass is 447 g/mol. The number of rotatable bonds is 4. The molecule has 5 rings (SSSR count). The van der Waals surface area contributed by atoms with E-state index in [9.17, 15) is 9.59 Å². The molecule has 0 bridgehead atoms. The third-order valence-electron chi connectivity index (χ3n) is 6.66. The van der Waals surface area contributed by atoms with E-state index in [1.807, 2.05) is 41.4 Å². The van der Waals surface area contributed by atoms with Crippen LogP contribution in [0.4, 0.5) is 0 Å². The number of nitrogens with zero attached hydrogens (tertiary/aromatic N) is 2. The van der Waals surface area contributed by atoms with Crippen molar-refractivity contribution in [2.75, 3.05) is 26.8 Å². The van der Waals surface area contributed by atoms with E-state index in [2.05, 4.69) is 22.0 Å². The van der Waals surface area contributed by atoms with E-state index in [1.54, 1.807) is 0 Å². The molecule has 0 aliphatic carbocycles. The van der Waals surface area contributed by atoms with Crippen molar-refractivity contribution >= 4 is 22.8 Å². The van der Waals surface area contributed by atoms with Crippen LogP contribution < -0.4 is 4.74 Å². The zero-order valence-corrected chi connectivity index (χ0v) is 18.9. The number of methoxy groups -OCH3 is 1. The molecule has 2 aromatic carbocycles. The predicted molar refractivity (Wildman–Crippen MR) is 125 cm³/mol. The minimum atomic E-state index is -0.194. The van der Waals surface area contributed by atoms with Crippen molar-refractivity contribution in [3.63, 3.8) is 0 Å². The number of esters is 1. The Morgan fingerprint density at radius 2 is 2.03 bits per heavy atom. The first kappa shape index (κ1) is 21.5. The van der Waals surface area contributed by atoms with E-state index < -0.39 is 0 Å². The Labute approximate surface area is 193 Å². The van der Waals surface area contributed by atoms with Crippen molar-refractivity contribution in [2.24, 2.45) is 0 Å². The molecule has 7 nitrogen and oxygen atoms in total. The van der Waals surface area contributed by atoms with Crippen molar-refractivity contribution in [3.8, 4) is 5.75 Å². The lowest BCUT2D eigenvalue weighted by atomic mass is 10.0. The van der Waals surface area contributed by atoms with Crippen LogP contribution in [0.15, 0.2) is 48.7 Å². The van der Waals surface area contributed by atoms with Crippen molar-refractivity contribution < 1.29 is 19.1 Å². The molecule has 1 amide bonds. The quantitative estimate of drug-likeness (QED) is 0.617. The summed E-state index contributed by atoms with van der Waals surface area (Å²) >= 11 is 0. The summed E-state index contributed by atoms with van der Waals surface area (Å²) in [5, 5.41) is 1.02. The van der Waals surface area contributed by atoms with Crippen LogP contribution >= 0.6 is 0 Å². The summed E-state index contributed by atoms with van der Waals surface area (Å²) in [6, 6.07) is 13.7. The van der Waals surface area contributed by atoms with E-state index in [0.717, 1.165) is 53.6 Å². The molecule has 0 radical (unpaired) electrons. The Morgan fingerprint density at radius 1 is 1.12 bits per heavy atom. The number of hydrogen-bond donors (Lipinski definition) is 1. The lowest BCUT2D eigenvalue weighted by Gasteiger charge is -2.33. The number of ether oxygens (including phenoxy) is 2. The van der Waals surface area contributed by atoms with Crippen molar-refractivity contribution in [1.29, 1.82) is 0 Å². The minimum Gasteiger partial charge on any atom is -0.491 e. The number of aromatic nitrogens is 1. The maximum atomic E-state index is 13.3. The standard InChI is InChI=1S/C26H29N3O4/c1-32-26(31)23-4-2-3-11-28(23)16-18-5-8-24-21(14-18)17-29(12-13-33-24)25(30)20-6-7-22-19(15-20)9-10-27-22/h5-10,14-15,23,27H,2-4,11-13,16-17H2,1H3/t23-/m0/s1. The van der Waals surface area contributed by atoms with Crippen LogP contribution in [0, 0.1) is 0 Å². The molecule has 2 aliphatic rings. The summed E-state index contributed by atoms with van der Waals surface area (Å²) in [5.74, 6) is 0.656. The molecule has 0 saturated carbocycles. The lowest BCUT2D eigenvalue weighted by Crippen LogP contribution is -2.44. The number of nitrogens with one attached hydrogen (secondary N) is 1. The highest BCUT2D eigenvalue weighted by Crippen LogP contribution is 2.28. The van der Waals surface area contributed by atoms with Gasteiger partial charge in [0.05, 0.1) is 13.7 Å². The molecule has 33 heavy (non-hydrogen) atoms. The Kier molecular flexibility index (Phi) is 6.05. The van der Waals surface area contributed by atoms with Gasteiger partial charge in [0.1, 0.15) is 18.4 Å². The number of amides is 1. The molecule has 2 aliphatic heterocycles. The second kappa shape index (κ2) is 9.27. The Morgan fingerprint density at radius 3 is 2.91 bits per heavy atom. The van der Waals surface area contributed by atoms with Crippen molar-refractivity contribution in [3.05, 3.63) is 65.4 Å². The molecule has 1 fully saturated rings. The molecule has 3 aromatic rings. The molecular weight excluding hydrogens is 418 g/mol. The van der Waals surface area contributed by atoms with Gasteiger partial charge in [-0.05, 0) is 61.3 Å². The summed E-state index contributed by atoms with van der Waals surface area (Å²) in [6.45, 7) is 3.03. The molecule has 3 heterocycles. The number of carbonyl (C=O) groups is 2. The number of likely N-dealkylation sites (tertiary alicyclic amines) is 1. The number of fused-ring (bicyclic) bond motifs is 2. The van der Waals surface area contributed by atoms with Gasteiger partial charge in [-0.25, -0.2) is 0 Å². The van der Waals surface area contributed by atoms with Crippen molar-refractivity contribution in [2.45, 2.75) is 38.4 Å². The number of benzene rings is 2. The SMILES string of the molecule is COC(=O)[C@@H]1CCCCN1Cc1ccc2c(c1)CN(C(=O)c1ccc3[nH]ccc3c1)CCO2.